The lowest BCUT2D eigenvalue weighted by Crippen LogP contribution is -2.23. The fourth-order valence-corrected chi connectivity index (χ4v) is 5.53. The Bertz CT molecular complexity index is 1780. The molecule has 202 valence electrons. The summed E-state index contributed by atoms with van der Waals surface area (Å²) >= 11 is 0. The van der Waals surface area contributed by atoms with Gasteiger partial charge in [-0.15, -0.1) is 0 Å². The van der Waals surface area contributed by atoms with E-state index in [4.69, 9.17) is 0 Å². The molecule has 1 fully saturated rings. The number of fused-ring (bicyclic) bond motifs is 1. The molecule has 6 rings (SSSR count). The molecule has 7 nitrogen and oxygen atoms in total. The minimum Gasteiger partial charge on any atom is -0.352 e. The molecule has 0 bridgehead atoms. The highest BCUT2D eigenvalue weighted by Crippen LogP contribution is 2.32. The number of hydrogen-bond donors (Lipinski definition) is 2. The predicted octanol–water partition coefficient (Wildman–Crippen LogP) is 4.87. The Labute approximate surface area is 232 Å². The SMILES string of the molecule is C=C(/C=c1/c(-c2cc3c(-c4cc(F)cc(CCCN5CCCC5)c4)cncc3[nH]2)n[nH]/c1=C/C)c1cncnc1. The van der Waals surface area contributed by atoms with Gasteiger partial charge >= 0.3 is 0 Å². The maximum atomic E-state index is 14.8. The van der Waals surface area contributed by atoms with Crippen molar-refractivity contribution in [3.63, 3.8) is 0 Å². The van der Waals surface area contributed by atoms with Gasteiger partial charge in [-0.3, -0.25) is 10.1 Å². The second-order valence-electron chi connectivity index (χ2n) is 10.3. The summed E-state index contributed by atoms with van der Waals surface area (Å²) in [4.78, 5) is 18.7. The minimum absolute atomic E-state index is 0.225. The Morgan fingerprint density at radius 1 is 1.05 bits per heavy atom. The monoisotopic (exact) mass is 533 g/mol. The van der Waals surface area contributed by atoms with Crippen LogP contribution in [0.4, 0.5) is 4.39 Å². The van der Waals surface area contributed by atoms with Gasteiger partial charge in [-0.1, -0.05) is 18.7 Å². The molecule has 0 amide bonds. The third-order valence-electron chi connectivity index (χ3n) is 7.58. The summed E-state index contributed by atoms with van der Waals surface area (Å²) < 4.78 is 14.8. The number of hydrogen-bond acceptors (Lipinski definition) is 5. The molecule has 4 aromatic heterocycles. The molecular formula is C32H32FN7. The molecule has 1 aliphatic heterocycles. The Morgan fingerprint density at radius 3 is 2.67 bits per heavy atom. The lowest BCUT2D eigenvalue weighted by molar-refractivity contribution is 0.334. The molecule has 0 radical (unpaired) electrons. The topological polar surface area (TPSA) is 86.4 Å². The van der Waals surface area contributed by atoms with Crippen LogP contribution >= 0.6 is 0 Å². The largest absolute Gasteiger partial charge is 0.352 e. The molecule has 5 aromatic rings. The number of allylic oxidation sites excluding steroid dienone is 1. The van der Waals surface area contributed by atoms with Gasteiger partial charge in [-0.2, -0.15) is 5.10 Å². The van der Waals surface area contributed by atoms with E-state index >= 15 is 0 Å². The number of aryl methyl sites for hydroxylation is 1. The summed E-state index contributed by atoms with van der Waals surface area (Å²) in [6.45, 7) is 9.60. The summed E-state index contributed by atoms with van der Waals surface area (Å²) in [7, 11) is 0. The molecule has 2 N–H and O–H groups in total. The van der Waals surface area contributed by atoms with Crippen molar-refractivity contribution in [3.8, 4) is 22.5 Å². The Balaban J connectivity index is 1.35. The maximum absolute atomic E-state index is 14.8. The summed E-state index contributed by atoms with van der Waals surface area (Å²) in [5.74, 6) is -0.225. The number of benzene rings is 1. The third-order valence-corrected chi connectivity index (χ3v) is 7.58. The lowest BCUT2D eigenvalue weighted by atomic mass is 9.99. The van der Waals surface area contributed by atoms with Crippen LogP contribution in [0.5, 0.6) is 0 Å². The van der Waals surface area contributed by atoms with Gasteiger partial charge < -0.3 is 9.88 Å². The number of nitrogens with one attached hydrogen (secondary N) is 2. The molecule has 5 heterocycles. The molecule has 0 aliphatic carbocycles. The number of likely N-dealkylation sites (tertiary alicyclic amines) is 1. The Kier molecular flexibility index (Phi) is 7.33. The van der Waals surface area contributed by atoms with Crippen LogP contribution in [0.1, 0.15) is 37.3 Å². The van der Waals surface area contributed by atoms with E-state index in [1.54, 1.807) is 30.7 Å². The zero-order chi connectivity index (χ0) is 27.5. The van der Waals surface area contributed by atoms with Crippen molar-refractivity contribution in [2.75, 3.05) is 19.6 Å². The van der Waals surface area contributed by atoms with Crippen molar-refractivity contribution in [3.05, 3.63) is 89.5 Å². The van der Waals surface area contributed by atoms with E-state index < -0.39 is 0 Å². The van der Waals surface area contributed by atoms with Crippen LogP contribution in [0.3, 0.4) is 0 Å². The van der Waals surface area contributed by atoms with Crippen LogP contribution in [0.25, 0.3) is 51.1 Å². The van der Waals surface area contributed by atoms with Crippen LogP contribution in [-0.4, -0.2) is 54.7 Å². The van der Waals surface area contributed by atoms with Crippen molar-refractivity contribution in [2.24, 2.45) is 0 Å². The first-order valence-electron chi connectivity index (χ1n) is 13.7. The third kappa shape index (κ3) is 5.35. The van der Waals surface area contributed by atoms with Crippen molar-refractivity contribution in [1.29, 1.82) is 0 Å². The number of pyridine rings is 1. The average molecular weight is 534 g/mol. The fourth-order valence-electron chi connectivity index (χ4n) is 5.53. The van der Waals surface area contributed by atoms with E-state index in [0.717, 1.165) is 80.1 Å². The van der Waals surface area contributed by atoms with E-state index in [2.05, 4.69) is 53.7 Å². The first-order chi connectivity index (χ1) is 19.6. The van der Waals surface area contributed by atoms with Gasteiger partial charge in [0.05, 0.1) is 22.8 Å². The molecule has 1 aromatic carbocycles. The predicted molar refractivity (Wildman–Crippen MR) is 158 cm³/mol. The molecule has 0 unspecified atom stereocenters. The molecule has 8 heteroatoms. The average Bonchev–Trinajstić information content (AvgIpc) is 3.73. The first-order valence-corrected chi connectivity index (χ1v) is 13.7. The van der Waals surface area contributed by atoms with E-state index in [-0.39, 0.29) is 5.82 Å². The number of nitrogens with zero attached hydrogens (tertiary/aromatic N) is 5. The van der Waals surface area contributed by atoms with Crippen molar-refractivity contribution < 1.29 is 4.39 Å². The van der Waals surface area contributed by atoms with Crippen LogP contribution in [0.15, 0.2) is 62.0 Å². The minimum atomic E-state index is -0.225. The second-order valence-corrected chi connectivity index (χ2v) is 10.3. The van der Waals surface area contributed by atoms with E-state index in [0.29, 0.717) is 0 Å². The molecule has 0 saturated carbocycles. The van der Waals surface area contributed by atoms with Gasteiger partial charge in [0.15, 0.2) is 0 Å². The van der Waals surface area contributed by atoms with E-state index in [1.165, 1.54) is 32.3 Å². The highest BCUT2D eigenvalue weighted by Gasteiger charge is 2.15. The van der Waals surface area contributed by atoms with Gasteiger partial charge in [0.2, 0.25) is 0 Å². The summed E-state index contributed by atoms with van der Waals surface area (Å²) in [6.07, 6.45) is 17.0. The maximum Gasteiger partial charge on any atom is 0.124 e. The van der Waals surface area contributed by atoms with Crippen molar-refractivity contribution in [1.82, 2.24) is 35.0 Å². The van der Waals surface area contributed by atoms with Gasteiger partial charge in [-0.05, 0) is 93.2 Å². The number of rotatable bonds is 8. The smallest absolute Gasteiger partial charge is 0.124 e. The van der Waals surface area contributed by atoms with Gasteiger partial charge in [0.1, 0.15) is 17.8 Å². The normalized spacial score (nSPS) is 14.9. The second kappa shape index (κ2) is 11.4. The number of H-pyrrole nitrogens is 2. The molecule has 0 spiro atoms. The lowest BCUT2D eigenvalue weighted by Gasteiger charge is -2.14. The molecule has 1 saturated heterocycles. The van der Waals surface area contributed by atoms with Crippen LogP contribution in [-0.2, 0) is 6.42 Å². The zero-order valence-corrected chi connectivity index (χ0v) is 22.6. The molecule has 1 aliphatic rings. The van der Waals surface area contributed by atoms with E-state index in [9.17, 15) is 4.39 Å². The fraction of sp³-hybridized carbons (Fsp3) is 0.250. The number of halogens is 1. The molecule has 0 atom stereocenters. The number of aromatic nitrogens is 6. The van der Waals surface area contributed by atoms with E-state index in [1.807, 2.05) is 25.3 Å². The highest BCUT2D eigenvalue weighted by molar-refractivity contribution is 5.97. The quantitative estimate of drug-likeness (QED) is 0.297. The highest BCUT2D eigenvalue weighted by atomic mass is 19.1. The Hall–Kier alpha value is -4.43. The Morgan fingerprint density at radius 2 is 1.88 bits per heavy atom. The standard InChI is InChI=1S/C32H32FN7/c1-3-29-27(11-21(2)24-16-35-20-36-17-24)32(39-38-29)30-15-26-28(18-34-19-31(26)37-30)23-12-22(13-25(33)14-23)7-6-10-40-8-4-5-9-40/h3,11-20,37-38H,2,4-10H2,1H3/b27-11+,29-3+. The van der Waals surface area contributed by atoms with Crippen LogP contribution < -0.4 is 10.6 Å². The first kappa shape index (κ1) is 25.8. The van der Waals surface area contributed by atoms with Crippen LogP contribution in [0.2, 0.25) is 0 Å². The summed E-state index contributed by atoms with van der Waals surface area (Å²) in [6, 6.07) is 7.41. The van der Waals surface area contributed by atoms with Gasteiger partial charge in [-0.25, -0.2) is 14.4 Å². The molecular weight excluding hydrogens is 501 g/mol. The molecule has 40 heavy (non-hydrogen) atoms. The zero-order valence-electron chi connectivity index (χ0n) is 22.6. The summed E-state index contributed by atoms with van der Waals surface area (Å²) in [5.41, 5.74) is 6.79. The number of aromatic amines is 2. The van der Waals surface area contributed by atoms with Gasteiger partial charge in [0.25, 0.3) is 0 Å². The summed E-state index contributed by atoms with van der Waals surface area (Å²) in [5, 5.41) is 10.5. The van der Waals surface area contributed by atoms with Crippen molar-refractivity contribution >= 4 is 28.6 Å². The van der Waals surface area contributed by atoms with Crippen LogP contribution in [0, 0.1) is 5.82 Å². The van der Waals surface area contributed by atoms with Crippen molar-refractivity contribution in [2.45, 2.75) is 32.6 Å². The van der Waals surface area contributed by atoms with Gasteiger partial charge in [0, 0.05) is 40.3 Å².